The molecule has 2 aliphatic rings. The fourth-order valence-electron chi connectivity index (χ4n) is 2.92. The van der Waals surface area contributed by atoms with E-state index >= 15 is 0 Å². The van der Waals surface area contributed by atoms with Gasteiger partial charge in [0.15, 0.2) is 0 Å². The van der Waals surface area contributed by atoms with Crippen molar-refractivity contribution in [3.8, 4) is 6.07 Å². The molecule has 0 spiro atoms. The average Bonchev–Trinajstić information content (AvgIpc) is 3.17. The first kappa shape index (κ1) is 13.2. The van der Waals surface area contributed by atoms with Crippen molar-refractivity contribution in [2.45, 2.75) is 12.5 Å². The molecule has 1 aromatic heterocycles. The summed E-state index contributed by atoms with van der Waals surface area (Å²) in [6.45, 7) is 5.02. The van der Waals surface area contributed by atoms with Gasteiger partial charge in [-0.3, -0.25) is 9.69 Å². The number of nitrogens with zero attached hydrogens (tertiary/aromatic N) is 3. The summed E-state index contributed by atoms with van der Waals surface area (Å²) in [4.78, 5) is 19.5. The number of carbonyl (C=O) groups is 1. The van der Waals surface area contributed by atoms with E-state index in [1.807, 2.05) is 11.0 Å². The highest BCUT2D eigenvalue weighted by Crippen LogP contribution is 2.19. The minimum atomic E-state index is -0.0118. The minimum Gasteiger partial charge on any atom is -0.379 e. The number of morpholine rings is 1. The third kappa shape index (κ3) is 2.55. The van der Waals surface area contributed by atoms with E-state index in [0.29, 0.717) is 17.3 Å². The number of ether oxygens (including phenoxy) is 1. The summed E-state index contributed by atoms with van der Waals surface area (Å²) in [7, 11) is 0. The van der Waals surface area contributed by atoms with Crippen molar-refractivity contribution < 1.29 is 9.53 Å². The Morgan fingerprint density at radius 2 is 2.20 bits per heavy atom. The Kier molecular flexibility index (Phi) is 3.72. The van der Waals surface area contributed by atoms with Crippen molar-refractivity contribution in [2.24, 2.45) is 0 Å². The second kappa shape index (κ2) is 5.65. The molecule has 1 aromatic rings. The number of likely N-dealkylation sites (tertiary alicyclic amines) is 1. The zero-order chi connectivity index (χ0) is 13.9. The van der Waals surface area contributed by atoms with Gasteiger partial charge in [-0.15, -0.1) is 0 Å². The Morgan fingerprint density at radius 1 is 1.40 bits per heavy atom. The van der Waals surface area contributed by atoms with Gasteiger partial charge in [0.25, 0.3) is 5.91 Å². The first-order valence-electron chi connectivity index (χ1n) is 6.97. The van der Waals surface area contributed by atoms with Crippen molar-refractivity contribution in [2.75, 3.05) is 39.4 Å². The highest BCUT2D eigenvalue weighted by molar-refractivity contribution is 5.93. The van der Waals surface area contributed by atoms with E-state index in [9.17, 15) is 4.79 Å². The van der Waals surface area contributed by atoms with Crippen LogP contribution in [0.2, 0.25) is 0 Å². The normalized spacial score (nSPS) is 23.8. The summed E-state index contributed by atoms with van der Waals surface area (Å²) in [5.74, 6) is -0.0118. The van der Waals surface area contributed by atoms with Gasteiger partial charge in [-0.05, 0) is 12.5 Å². The summed E-state index contributed by atoms with van der Waals surface area (Å²) < 4.78 is 5.36. The molecular weight excluding hydrogens is 256 g/mol. The molecule has 0 aliphatic carbocycles. The molecule has 3 rings (SSSR count). The van der Waals surface area contributed by atoms with Crippen LogP contribution in [0.4, 0.5) is 0 Å². The third-order valence-corrected chi connectivity index (χ3v) is 4.06. The number of H-pyrrole nitrogens is 1. The Hall–Kier alpha value is -1.84. The molecule has 2 fully saturated rings. The van der Waals surface area contributed by atoms with Gasteiger partial charge >= 0.3 is 0 Å². The van der Waals surface area contributed by atoms with Crippen LogP contribution in [0.1, 0.15) is 22.5 Å². The van der Waals surface area contributed by atoms with Crippen LogP contribution in [0.15, 0.2) is 12.3 Å². The number of carbonyl (C=O) groups excluding carboxylic acids is 1. The van der Waals surface area contributed by atoms with E-state index < -0.39 is 0 Å². The number of aromatic amines is 1. The molecule has 6 heteroatoms. The van der Waals surface area contributed by atoms with Crippen molar-refractivity contribution in [3.63, 3.8) is 0 Å². The maximum absolute atomic E-state index is 12.3. The molecule has 6 nitrogen and oxygen atoms in total. The second-order valence-electron chi connectivity index (χ2n) is 5.26. The Labute approximate surface area is 117 Å². The van der Waals surface area contributed by atoms with E-state index in [1.54, 1.807) is 12.3 Å². The Morgan fingerprint density at radius 3 is 2.90 bits per heavy atom. The van der Waals surface area contributed by atoms with E-state index in [4.69, 9.17) is 10.00 Å². The molecule has 0 bridgehead atoms. The first-order valence-corrected chi connectivity index (χ1v) is 6.97. The van der Waals surface area contributed by atoms with Crippen LogP contribution in [0.3, 0.4) is 0 Å². The predicted octanol–water partition coefficient (Wildman–Crippen LogP) is 0.433. The maximum atomic E-state index is 12.3. The molecule has 2 saturated heterocycles. The van der Waals surface area contributed by atoms with Crippen LogP contribution in [0.25, 0.3) is 0 Å². The number of aromatic nitrogens is 1. The number of amides is 1. The largest absolute Gasteiger partial charge is 0.379 e. The minimum absolute atomic E-state index is 0.0118. The van der Waals surface area contributed by atoms with Crippen LogP contribution in [0, 0.1) is 11.3 Å². The van der Waals surface area contributed by atoms with Crippen LogP contribution in [-0.4, -0.2) is 66.1 Å². The van der Waals surface area contributed by atoms with Crippen molar-refractivity contribution >= 4 is 5.91 Å². The number of hydrogen-bond donors (Lipinski definition) is 1. The number of hydrogen-bond acceptors (Lipinski definition) is 4. The molecule has 0 aromatic carbocycles. The predicted molar refractivity (Wildman–Crippen MR) is 72.2 cm³/mol. The maximum Gasteiger partial charge on any atom is 0.270 e. The molecule has 1 amide bonds. The lowest BCUT2D eigenvalue weighted by atomic mass is 10.2. The van der Waals surface area contributed by atoms with Gasteiger partial charge in [-0.2, -0.15) is 5.26 Å². The van der Waals surface area contributed by atoms with Crippen LogP contribution in [0.5, 0.6) is 0 Å². The summed E-state index contributed by atoms with van der Waals surface area (Å²) >= 11 is 0. The van der Waals surface area contributed by atoms with Crippen LogP contribution in [-0.2, 0) is 4.74 Å². The van der Waals surface area contributed by atoms with E-state index in [0.717, 1.165) is 45.8 Å². The van der Waals surface area contributed by atoms with Crippen molar-refractivity contribution in [3.05, 3.63) is 23.5 Å². The van der Waals surface area contributed by atoms with Gasteiger partial charge in [-0.1, -0.05) is 0 Å². The van der Waals surface area contributed by atoms with Gasteiger partial charge < -0.3 is 14.6 Å². The third-order valence-electron chi connectivity index (χ3n) is 4.06. The zero-order valence-corrected chi connectivity index (χ0v) is 11.3. The quantitative estimate of drug-likeness (QED) is 0.849. The van der Waals surface area contributed by atoms with Crippen molar-refractivity contribution in [1.29, 1.82) is 5.26 Å². The fourth-order valence-corrected chi connectivity index (χ4v) is 2.92. The summed E-state index contributed by atoms with van der Waals surface area (Å²) in [5.41, 5.74) is 1.00. The lowest BCUT2D eigenvalue weighted by molar-refractivity contribution is 0.0185. The molecule has 106 valence electrons. The highest BCUT2D eigenvalue weighted by atomic mass is 16.5. The van der Waals surface area contributed by atoms with Crippen LogP contribution >= 0.6 is 0 Å². The number of nitriles is 1. The molecule has 0 saturated carbocycles. The molecule has 2 aliphatic heterocycles. The second-order valence-corrected chi connectivity index (χ2v) is 5.26. The fraction of sp³-hybridized carbons (Fsp3) is 0.571. The smallest absolute Gasteiger partial charge is 0.270 e. The summed E-state index contributed by atoms with van der Waals surface area (Å²) in [5, 5.41) is 8.80. The Balaban J connectivity index is 1.61. The van der Waals surface area contributed by atoms with Gasteiger partial charge in [0.1, 0.15) is 11.8 Å². The average molecular weight is 274 g/mol. The molecule has 20 heavy (non-hydrogen) atoms. The molecule has 1 unspecified atom stereocenters. The van der Waals surface area contributed by atoms with Gasteiger partial charge in [0.2, 0.25) is 0 Å². The van der Waals surface area contributed by atoms with E-state index in [1.165, 1.54) is 0 Å². The monoisotopic (exact) mass is 274 g/mol. The number of rotatable bonds is 2. The Bertz CT molecular complexity index is 528. The zero-order valence-electron chi connectivity index (χ0n) is 11.3. The molecule has 0 radical (unpaired) electrons. The first-order chi connectivity index (χ1) is 9.78. The highest BCUT2D eigenvalue weighted by Gasteiger charge is 2.31. The summed E-state index contributed by atoms with van der Waals surface area (Å²) in [6.07, 6.45) is 2.58. The molecular formula is C14H18N4O2. The van der Waals surface area contributed by atoms with E-state index in [2.05, 4.69) is 9.88 Å². The van der Waals surface area contributed by atoms with E-state index in [-0.39, 0.29) is 5.91 Å². The lowest BCUT2D eigenvalue weighted by Gasteiger charge is -2.32. The van der Waals surface area contributed by atoms with Gasteiger partial charge in [0.05, 0.1) is 18.8 Å². The van der Waals surface area contributed by atoms with Gasteiger partial charge in [0, 0.05) is 38.4 Å². The standard InChI is InChI=1S/C14H18N4O2/c15-8-11-7-13(16-9-11)14(19)18-2-1-12(10-18)17-3-5-20-6-4-17/h7,9,12,16H,1-6,10H2. The van der Waals surface area contributed by atoms with Crippen molar-refractivity contribution in [1.82, 2.24) is 14.8 Å². The lowest BCUT2D eigenvalue weighted by Crippen LogP contribution is -2.45. The molecule has 3 heterocycles. The van der Waals surface area contributed by atoms with Gasteiger partial charge in [-0.25, -0.2) is 0 Å². The number of nitrogens with one attached hydrogen (secondary N) is 1. The molecule has 1 atom stereocenters. The topological polar surface area (TPSA) is 72.4 Å². The molecule has 1 N–H and O–H groups in total. The SMILES string of the molecule is N#Cc1c[nH]c(C(=O)N2CCC(N3CCOCC3)C2)c1. The van der Waals surface area contributed by atoms with Crippen LogP contribution < -0.4 is 0 Å². The summed E-state index contributed by atoms with van der Waals surface area (Å²) in [6, 6.07) is 4.08.